The predicted octanol–water partition coefficient (Wildman–Crippen LogP) is 2.04. The van der Waals surface area contributed by atoms with Gasteiger partial charge in [0.05, 0.1) is 11.7 Å². The fourth-order valence-electron chi connectivity index (χ4n) is 2.84. The average Bonchev–Trinajstić information content (AvgIpc) is 3.13. The minimum absolute atomic E-state index is 0.144. The summed E-state index contributed by atoms with van der Waals surface area (Å²) in [5.41, 5.74) is 6.55. The standard InChI is InChI=1S/C15H20N4/c1-10-8-14(18-19(10)2)15(17-16)13-9-12(13)11-6-4-3-5-7-11/h3-8,12-13,15,17H,9,16H2,1-2H3. The second kappa shape index (κ2) is 4.79. The van der Waals surface area contributed by atoms with Crippen LogP contribution in [0.15, 0.2) is 36.4 Å². The number of nitrogens with two attached hydrogens (primary N) is 1. The summed E-state index contributed by atoms with van der Waals surface area (Å²) < 4.78 is 1.90. The number of aryl methyl sites for hydroxylation is 2. The Morgan fingerprint density at radius 3 is 2.68 bits per heavy atom. The molecule has 3 unspecified atom stereocenters. The zero-order valence-corrected chi connectivity index (χ0v) is 11.4. The van der Waals surface area contributed by atoms with Crippen molar-refractivity contribution < 1.29 is 0 Å². The number of aromatic nitrogens is 2. The van der Waals surface area contributed by atoms with E-state index in [9.17, 15) is 0 Å². The minimum atomic E-state index is 0.144. The van der Waals surface area contributed by atoms with Crippen molar-refractivity contribution in [2.75, 3.05) is 0 Å². The number of benzene rings is 1. The highest BCUT2D eigenvalue weighted by atomic mass is 15.3. The first-order chi connectivity index (χ1) is 9.20. The van der Waals surface area contributed by atoms with Gasteiger partial charge < -0.3 is 0 Å². The Kier molecular flexibility index (Phi) is 3.12. The molecular weight excluding hydrogens is 236 g/mol. The summed E-state index contributed by atoms with van der Waals surface area (Å²) in [5.74, 6) is 6.89. The minimum Gasteiger partial charge on any atom is -0.273 e. The third kappa shape index (κ3) is 2.29. The van der Waals surface area contributed by atoms with Crippen LogP contribution in [-0.4, -0.2) is 9.78 Å². The van der Waals surface area contributed by atoms with Gasteiger partial charge in [-0.05, 0) is 36.8 Å². The Balaban J connectivity index is 1.78. The van der Waals surface area contributed by atoms with E-state index in [1.807, 2.05) is 11.7 Å². The van der Waals surface area contributed by atoms with Crippen LogP contribution in [0.3, 0.4) is 0 Å². The molecule has 3 atom stereocenters. The van der Waals surface area contributed by atoms with E-state index in [0.29, 0.717) is 11.8 Å². The van der Waals surface area contributed by atoms with Crippen molar-refractivity contribution >= 4 is 0 Å². The summed E-state index contributed by atoms with van der Waals surface area (Å²) in [6.07, 6.45) is 1.18. The predicted molar refractivity (Wildman–Crippen MR) is 75.3 cm³/mol. The summed E-state index contributed by atoms with van der Waals surface area (Å²) in [5, 5.41) is 4.54. The van der Waals surface area contributed by atoms with Gasteiger partial charge in [0.25, 0.3) is 0 Å². The lowest BCUT2D eigenvalue weighted by Gasteiger charge is -2.13. The highest BCUT2D eigenvalue weighted by Gasteiger charge is 2.44. The zero-order chi connectivity index (χ0) is 13.4. The first kappa shape index (κ1) is 12.4. The lowest BCUT2D eigenvalue weighted by atomic mass is 10.0. The van der Waals surface area contributed by atoms with Gasteiger partial charge in [-0.25, -0.2) is 0 Å². The smallest absolute Gasteiger partial charge is 0.0813 e. The molecule has 4 heteroatoms. The van der Waals surface area contributed by atoms with Gasteiger partial charge in [0.15, 0.2) is 0 Å². The van der Waals surface area contributed by atoms with Crippen molar-refractivity contribution in [2.24, 2.45) is 18.8 Å². The molecule has 0 radical (unpaired) electrons. The second-order valence-corrected chi connectivity index (χ2v) is 5.40. The Morgan fingerprint density at radius 1 is 1.37 bits per heavy atom. The van der Waals surface area contributed by atoms with Crippen LogP contribution in [0.25, 0.3) is 0 Å². The van der Waals surface area contributed by atoms with Gasteiger partial charge in [0.1, 0.15) is 0 Å². The van der Waals surface area contributed by atoms with E-state index in [2.05, 4.69) is 53.8 Å². The first-order valence-corrected chi connectivity index (χ1v) is 6.72. The third-order valence-corrected chi connectivity index (χ3v) is 4.13. The van der Waals surface area contributed by atoms with E-state index in [-0.39, 0.29) is 6.04 Å². The molecule has 1 aromatic heterocycles. The number of hydrogen-bond acceptors (Lipinski definition) is 3. The van der Waals surface area contributed by atoms with Gasteiger partial charge in [0.2, 0.25) is 0 Å². The van der Waals surface area contributed by atoms with Crippen molar-refractivity contribution in [2.45, 2.75) is 25.3 Å². The lowest BCUT2D eigenvalue weighted by Crippen LogP contribution is -2.30. The lowest BCUT2D eigenvalue weighted by molar-refractivity contribution is 0.470. The topological polar surface area (TPSA) is 55.9 Å². The van der Waals surface area contributed by atoms with E-state index in [0.717, 1.165) is 11.4 Å². The van der Waals surface area contributed by atoms with E-state index in [1.165, 1.54) is 12.0 Å². The van der Waals surface area contributed by atoms with E-state index in [4.69, 9.17) is 5.84 Å². The van der Waals surface area contributed by atoms with Crippen LogP contribution in [-0.2, 0) is 7.05 Å². The van der Waals surface area contributed by atoms with Gasteiger partial charge in [-0.3, -0.25) is 16.0 Å². The molecule has 0 amide bonds. The molecule has 19 heavy (non-hydrogen) atoms. The van der Waals surface area contributed by atoms with Crippen LogP contribution in [0.5, 0.6) is 0 Å². The van der Waals surface area contributed by atoms with Gasteiger partial charge in [-0.2, -0.15) is 5.10 Å². The normalized spacial score (nSPS) is 23.3. The summed E-state index contributed by atoms with van der Waals surface area (Å²) in [6.45, 7) is 2.06. The zero-order valence-electron chi connectivity index (χ0n) is 11.4. The third-order valence-electron chi connectivity index (χ3n) is 4.13. The molecule has 1 aliphatic carbocycles. The van der Waals surface area contributed by atoms with Crippen molar-refractivity contribution in [3.8, 4) is 0 Å². The highest BCUT2D eigenvalue weighted by molar-refractivity contribution is 5.28. The van der Waals surface area contributed by atoms with Crippen molar-refractivity contribution in [3.05, 3.63) is 53.3 Å². The molecule has 4 nitrogen and oxygen atoms in total. The molecule has 1 fully saturated rings. The summed E-state index contributed by atoms with van der Waals surface area (Å²) in [6, 6.07) is 12.9. The number of rotatable bonds is 4. The highest BCUT2D eigenvalue weighted by Crippen LogP contribution is 2.53. The van der Waals surface area contributed by atoms with Crippen LogP contribution in [0, 0.1) is 12.8 Å². The Hall–Kier alpha value is -1.65. The molecule has 100 valence electrons. The number of hydrogen-bond donors (Lipinski definition) is 2. The van der Waals surface area contributed by atoms with Crippen molar-refractivity contribution in [3.63, 3.8) is 0 Å². The Labute approximate surface area is 113 Å². The molecule has 1 aromatic carbocycles. The molecule has 0 bridgehead atoms. The molecule has 0 spiro atoms. The average molecular weight is 256 g/mol. The first-order valence-electron chi connectivity index (χ1n) is 6.72. The summed E-state index contributed by atoms with van der Waals surface area (Å²) in [7, 11) is 1.97. The summed E-state index contributed by atoms with van der Waals surface area (Å²) >= 11 is 0. The molecule has 0 saturated heterocycles. The van der Waals surface area contributed by atoms with Crippen LogP contribution in [0.1, 0.15) is 35.3 Å². The number of nitrogens with zero attached hydrogens (tertiary/aromatic N) is 2. The monoisotopic (exact) mass is 256 g/mol. The quantitative estimate of drug-likeness (QED) is 0.650. The fourth-order valence-corrected chi connectivity index (χ4v) is 2.84. The van der Waals surface area contributed by atoms with Crippen molar-refractivity contribution in [1.29, 1.82) is 0 Å². The number of hydrazine groups is 1. The molecule has 1 heterocycles. The van der Waals surface area contributed by atoms with Gasteiger partial charge in [-0.15, -0.1) is 0 Å². The van der Waals surface area contributed by atoms with Crippen molar-refractivity contribution in [1.82, 2.24) is 15.2 Å². The van der Waals surface area contributed by atoms with Gasteiger partial charge in [0, 0.05) is 12.7 Å². The Morgan fingerprint density at radius 2 is 2.11 bits per heavy atom. The maximum atomic E-state index is 5.75. The SMILES string of the molecule is Cc1cc(C(NN)C2CC2c2ccccc2)nn1C. The van der Waals surface area contributed by atoms with Crippen LogP contribution < -0.4 is 11.3 Å². The second-order valence-electron chi connectivity index (χ2n) is 5.40. The molecule has 3 N–H and O–H groups in total. The maximum Gasteiger partial charge on any atom is 0.0813 e. The van der Waals surface area contributed by atoms with Crippen LogP contribution in [0.2, 0.25) is 0 Å². The van der Waals surface area contributed by atoms with E-state index in [1.54, 1.807) is 0 Å². The molecule has 2 aromatic rings. The molecule has 1 saturated carbocycles. The van der Waals surface area contributed by atoms with E-state index >= 15 is 0 Å². The van der Waals surface area contributed by atoms with Gasteiger partial charge >= 0.3 is 0 Å². The molecule has 0 aliphatic heterocycles. The molecule has 1 aliphatic rings. The van der Waals surface area contributed by atoms with Crippen LogP contribution in [0.4, 0.5) is 0 Å². The van der Waals surface area contributed by atoms with E-state index < -0.39 is 0 Å². The van der Waals surface area contributed by atoms with Crippen LogP contribution >= 0.6 is 0 Å². The Bertz CT molecular complexity index is 541. The summed E-state index contributed by atoms with van der Waals surface area (Å²) in [4.78, 5) is 0. The molecule has 3 rings (SSSR count). The maximum absolute atomic E-state index is 5.75. The van der Waals surface area contributed by atoms with Gasteiger partial charge in [-0.1, -0.05) is 30.3 Å². The molecular formula is C15H20N4. The number of nitrogens with one attached hydrogen (secondary N) is 1. The fraction of sp³-hybridized carbons (Fsp3) is 0.400. The largest absolute Gasteiger partial charge is 0.273 e.